The summed E-state index contributed by atoms with van der Waals surface area (Å²) >= 11 is 0. The van der Waals surface area contributed by atoms with Crippen LogP contribution in [0.5, 0.6) is 11.5 Å². The van der Waals surface area contributed by atoms with Crippen LogP contribution in [-0.2, 0) is 11.4 Å². The van der Waals surface area contributed by atoms with Gasteiger partial charge in [0.25, 0.3) is 0 Å². The maximum absolute atomic E-state index is 12.4. The molecule has 1 saturated carbocycles. The summed E-state index contributed by atoms with van der Waals surface area (Å²) in [5.74, 6) is 1.71. The Hall–Kier alpha value is -2.62. The number of ether oxygens (including phenoxy) is 2. The fourth-order valence-electron chi connectivity index (χ4n) is 3.24. The molecule has 0 unspecified atom stereocenters. The number of carbonyl (C=O) groups excluding carboxylic acids is 2. The lowest BCUT2D eigenvalue weighted by Gasteiger charge is -2.19. The minimum Gasteiger partial charge on any atom is -0.497 e. The highest BCUT2D eigenvalue weighted by molar-refractivity contribution is 5.99. The predicted octanol–water partition coefficient (Wildman–Crippen LogP) is 4.61. The Morgan fingerprint density at radius 3 is 2.35 bits per heavy atom. The third kappa shape index (κ3) is 4.72. The quantitative estimate of drug-likeness (QED) is 0.683. The molecule has 4 heteroatoms. The van der Waals surface area contributed by atoms with Crippen molar-refractivity contribution in [1.82, 2.24) is 0 Å². The first-order valence-electron chi connectivity index (χ1n) is 9.07. The molecule has 0 N–H and O–H groups in total. The lowest BCUT2D eigenvalue weighted by Crippen LogP contribution is -2.22. The fraction of sp³-hybridized carbons (Fsp3) is 0.364. The molecule has 4 nitrogen and oxygen atoms in total. The molecular weight excluding hydrogens is 328 g/mol. The Balaban J connectivity index is 1.53. The number of ketones is 2. The molecule has 0 bridgehead atoms. The summed E-state index contributed by atoms with van der Waals surface area (Å²) in [5.41, 5.74) is 1.68. The molecule has 1 aliphatic carbocycles. The van der Waals surface area contributed by atoms with E-state index in [9.17, 15) is 9.59 Å². The Morgan fingerprint density at radius 2 is 1.69 bits per heavy atom. The lowest BCUT2D eigenvalue weighted by molar-refractivity contribution is -0.124. The van der Waals surface area contributed by atoms with Crippen molar-refractivity contribution in [3.05, 3.63) is 59.7 Å². The van der Waals surface area contributed by atoms with E-state index >= 15 is 0 Å². The highest BCUT2D eigenvalue weighted by Crippen LogP contribution is 2.25. The van der Waals surface area contributed by atoms with E-state index in [1.165, 1.54) is 0 Å². The van der Waals surface area contributed by atoms with E-state index in [1.54, 1.807) is 31.4 Å². The van der Waals surface area contributed by atoms with Crippen molar-refractivity contribution in [2.75, 3.05) is 7.11 Å². The van der Waals surface area contributed by atoms with Gasteiger partial charge in [-0.15, -0.1) is 0 Å². The molecule has 0 spiro atoms. The summed E-state index contributed by atoms with van der Waals surface area (Å²) in [6.45, 7) is 0.452. The van der Waals surface area contributed by atoms with Crippen molar-refractivity contribution in [3.63, 3.8) is 0 Å². The number of benzene rings is 2. The monoisotopic (exact) mass is 352 g/mol. The smallest absolute Gasteiger partial charge is 0.163 e. The third-order valence-electron chi connectivity index (χ3n) is 4.85. The Kier molecular flexibility index (Phi) is 6.05. The number of hydrogen-bond acceptors (Lipinski definition) is 4. The Labute approximate surface area is 154 Å². The average molecular weight is 352 g/mol. The van der Waals surface area contributed by atoms with Gasteiger partial charge in [-0.05, 0) is 54.8 Å². The van der Waals surface area contributed by atoms with E-state index in [0.29, 0.717) is 30.8 Å². The van der Waals surface area contributed by atoms with Gasteiger partial charge in [0.2, 0.25) is 0 Å². The molecular formula is C22H24O4. The van der Waals surface area contributed by atoms with Crippen LogP contribution in [0.3, 0.4) is 0 Å². The minimum atomic E-state index is -0.0951. The first-order valence-corrected chi connectivity index (χ1v) is 9.07. The molecule has 1 aliphatic rings. The van der Waals surface area contributed by atoms with Crippen molar-refractivity contribution in [3.8, 4) is 11.5 Å². The van der Waals surface area contributed by atoms with Gasteiger partial charge in [-0.2, -0.15) is 0 Å². The van der Waals surface area contributed by atoms with Crippen molar-refractivity contribution in [2.24, 2.45) is 5.92 Å². The summed E-state index contributed by atoms with van der Waals surface area (Å²) < 4.78 is 10.9. The van der Waals surface area contributed by atoms with Crippen LogP contribution in [0.2, 0.25) is 0 Å². The number of rotatable bonds is 7. The first-order chi connectivity index (χ1) is 12.7. The van der Waals surface area contributed by atoms with Gasteiger partial charge in [-0.1, -0.05) is 18.6 Å². The molecule has 0 amide bonds. The number of carbonyl (C=O) groups is 2. The van der Waals surface area contributed by atoms with Crippen LogP contribution >= 0.6 is 0 Å². The maximum Gasteiger partial charge on any atom is 0.163 e. The van der Waals surface area contributed by atoms with Crippen LogP contribution in [0, 0.1) is 5.92 Å². The zero-order valence-corrected chi connectivity index (χ0v) is 15.1. The van der Waals surface area contributed by atoms with E-state index in [4.69, 9.17) is 9.47 Å². The summed E-state index contributed by atoms with van der Waals surface area (Å²) in [6.07, 6.45) is 3.79. The van der Waals surface area contributed by atoms with Crippen molar-refractivity contribution < 1.29 is 19.1 Å². The summed E-state index contributed by atoms with van der Waals surface area (Å²) in [4.78, 5) is 24.3. The SMILES string of the molecule is COc1ccc(COc2ccc(C(=O)C[C@@H]3CCCCC3=O)cc2)cc1. The highest BCUT2D eigenvalue weighted by atomic mass is 16.5. The van der Waals surface area contributed by atoms with Gasteiger partial charge < -0.3 is 9.47 Å². The maximum atomic E-state index is 12.4. The van der Waals surface area contributed by atoms with Crippen LogP contribution in [-0.4, -0.2) is 18.7 Å². The number of hydrogen-bond donors (Lipinski definition) is 0. The van der Waals surface area contributed by atoms with Crippen LogP contribution < -0.4 is 9.47 Å². The molecule has 2 aromatic carbocycles. The third-order valence-corrected chi connectivity index (χ3v) is 4.85. The number of Topliss-reactive ketones (excluding diaryl/α,β-unsaturated/α-hetero) is 2. The summed E-state index contributed by atoms with van der Waals surface area (Å²) in [6, 6.07) is 14.9. The van der Waals surface area contributed by atoms with Crippen LogP contribution in [0.1, 0.15) is 48.0 Å². The van der Waals surface area contributed by atoms with E-state index < -0.39 is 0 Å². The predicted molar refractivity (Wildman–Crippen MR) is 99.7 cm³/mol. The van der Waals surface area contributed by atoms with Crippen molar-refractivity contribution in [2.45, 2.75) is 38.7 Å². The minimum absolute atomic E-state index is 0.0342. The van der Waals surface area contributed by atoms with E-state index in [2.05, 4.69) is 0 Å². The average Bonchev–Trinajstić information content (AvgIpc) is 2.69. The van der Waals surface area contributed by atoms with Gasteiger partial charge in [0.05, 0.1) is 7.11 Å². The lowest BCUT2D eigenvalue weighted by atomic mass is 9.83. The molecule has 1 fully saturated rings. The topological polar surface area (TPSA) is 52.6 Å². The van der Waals surface area contributed by atoms with Gasteiger partial charge >= 0.3 is 0 Å². The van der Waals surface area contributed by atoms with Crippen LogP contribution in [0.15, 0.2) is 48.5 Å². The molecule has 136 valence electrons. The van der Waals surface area contributed by atoms with Gasteiger partial charge in [0, 0.05) is 24.3 Å². The molecule has 26 heavy (non-hydrogen) atoms. The second-order valence-electron chi connectivity index (χ2n) is 6.70. The molecule has 2 aromatic rings. The molecule has 0 aromatic heterocycles. The standard InChI is InChI=1S/C22H24O4/c1-25-19-10-6-16(7-11-19)15-26-20-12-8-17(9-13-20)22(24)14-18-4-2-3-5-21(18)23/h6-13,18H,2-5,14-15H2,1H3/t18-/m0/s1. The molecule has 3 rings (SSSR count). The second kappa shape index (κ2) is 8.65. The summed E-state index contributed by atoms with van der Waals surface area (Å²) in [7, 11) is 1.64. The van der Waals surface area contributed by atoms with E-state index in [0.717, 1.165) is 30.6 Å². The Morgan fingerprint density at radius 1 is 1.00 bits per heavy atom. The van der Waals surface area contributed by atoms with Gasteiger partial charge in [0.1, 0.15) is 23.9 Å². The Bertz CT molecular complexity index is 747. The van der Waals surface area contributed by atoms with Gasteiger partial charge in [0.15, 0.2) is 5.78 Å². The highest BCUT2D eigenvalue weighted by Gasteiger charge is 2.24. The second-order valence-corrected chi connectivity index (χ2v) is 6.70. The zero-order valence-electron chi connectivity index (χ0n) is 15.1. The summed E-state index contributed by atoms with van der Waals surface area (Å²) in [5, 5.41) is 0. The first kappa shape index (κ1) is 18.2. The van der Waals surface area contributed by atoms with Gasteiger partial charge in [-0.25, -0.2) is 0 Å². The largest absolute Gasteiger partial charge is 0.497 e. The fourth-order valence-corrected chi connectivity index (χ4v) is 3.24. The molecule has 1 atom stereocenters. The van der Waals surface area contributed by atoms with Crippen molar-refractivity contribution >= 4 is 11.6 Å². The molecule has 0 radical (unpaired) electrons. The normalized spacial score (nSPS) is 17.0. The zero-order chi connectivity index (χ0) is 18.4. The number of methoxy groups -OCH3 is 1. The van der Waals surface area contributed by atoms with E-state index in [-0.39, 0.29) is 17.5 Å². The van der Waals surface area contributed by atoms with Crippen LogP contribution in [0.4, 0.5) is 0 Å². The molecule has 0 saturated heterocycles. The van der Waals surface area contributed by atoms with Crippen LogP contribution in [0.25, 0.3) is 0 Å². The van der Waals surface area contributed by atoms with Gasteiger partial charge in [-0.3, -0.25) is 9.59 Å². The van der Waals surface area contributed by atoms with Crippen molar-refractivity contribution in [1.29, 1.82) is 0 Å². The van der Waals surface area contributed by atoms with E-state index in [1.807, 2.05) is 24.3 Å². The molecule has 0 heterocycles. The molecule has 0 aliphatic heterocycles.